The van der Waals surface area contributed by atoms with E-state index in [1.165, 1.54) is 0 Å². The monoisotopic (exact) mass is 452 g/mol. The van der Waals surface area contributed by atoms with Gasteiger partial charge >= 0.3 is 0 Å². The number of aliphatic hydroxyl groups is 2. The van der Waals surface area contributed by atoms with Crippen molar-refractivity contribution in [1.82, 2.24) is 9.80 Å². The van der Waals surface area contributed by atoms with E-state index in [-0.39, 0.29) is 0 Å². The summed E-state index contributed by atoms with van der Waals surface area (Å²) in [5, 5.41) is 22.2. The van der Waals surface area contributed by atoms with Crippen molar-refractivity contribution < 1.29 is 48.5 Å². The molecule has 2 unspecified atom stereocenters. The van der Waals surface area contributed by atoms with Crippen LogP contribution in [0.4, 0.5) is 0 Å². The van der Waals surface area contributed by atoms with Gasteiger partial charge in [0, 0.05) is 14.1 Å². The Balaban J connectivity index is 3.04. The van der Waals surface area contributed by atoms with E-state index >= 15 is 0 Å². The molecule has 0 aliphatic carbocycles. The smallest absolute Gasteiger partial charge is 0.269 e. The summed E-state index contributed by atoms with van der Waals surface area (Å²) in [7, 11) is 4.03. The first-order valence-corrected chi connectivity index (χ1v) is 9.35. The van der Waals surface area contributed by atoms with Crippen molar-refractivity contribution in [3.63, 3.8) is 0 Å². The number of ether oxygens (including phenoxy) is 2. The number of nitrogens with zero attached hydrogens (tertiary/aromatic N) is 2. The molecule has 0 bridgehead atoms. The van der Waals surface area contributed by atoms with Crippen LogP contribution in [0.5, 0.6) is 0 Å². The van der Waals surface area contributed by atoms with Gasteiger partial charge in [0.2, 0.25) is 11.2 Å². The van der Waals surface area contributed by atoms with Gasteiger partial charge in [-0.3, -0.25) is 38.6 Å². The largest absolute Gasteiger partial charge is 0.497 e. The number of hydrogen-bond donors (Lipinski definition) is 2. The number of rotatable bonds is 7. The Morgan fingerprint density at radius 2 is 1.03 bits per heavy atom. The van der Waals surface area contributed by atoms with Gasteiger partial charge in [0.15, 0.2) is 11.5 Å². The third-order valence-corrected chi connectivity index (χ3v) is 5.23. The number of carbonyl (C=O) groups excluding carboxylic acids is 6. The average Bonchev–Trinajstić information content (AvgIpc) is 2.69. The summed E-state index contributed by atoms with van der Waals surface area (Å²) < 4.78 is 10.3. The van der Waals surface area contributed by atoms with Crippen molar-refractivity contribution >= 4 is 35.2 Å². The SMILES string of the molecule is COC1=C(C2=C(OC)C(O)(CC(C)=O)C(=O)N(C)C2=O)C(=O)N(C)C(=O)C1(O)CC(C)=O. The van der Waals surface area contributed by atoms with Gasteiger partial charge < -0.3 is 19.7 Å². The van der Waals surface area contributed by atoms with Crippen LogP contribution in [-0.2, 0) is 38.2 Å². The van der Waals surface area contributed by atoms with Crippen molar-refractivity contribution in [1.29, 1.82) is 0 Å². The topological polar surface area (TPSA) is 168 Å². The van der Waals surface area contributed by atoms with E-state index in [9.17, 15) is 39.0 Å². The highest BCUT2D eigenvalue weighted by atomic mass is 16.5. The quantitative estimate of drug-likeness (QED) is 0.421. The summed E-state index contributed by atoms with van der Waals surface area (Å²) in [6.07, 6.45) is -1.57. The van der Waals surface area contributed by atoms with Crippen molar-refractivity contribution in [3.05, 3.63) is 22.7 Å². The molecule has 32 heavy (non-hydrogen) atoms. The molecule has 2 aliphatic rings. The van der Waals surface area contributed by atoms with Crippen molar-refractivity contribution in [2.75, 3.05) is 28.3 Å². The number of imide groups is 2. The van der Waals surface area contributed by atoms with E-state index in [2.05, 4.69) is 0 Å². The number of likely N-dealkylation sites (N-methyl/N-ethyl adjacent to an activating group) is 2. The van der Waals surface area contributed by atoms with Crippen LogP contribution in [0, 0.1) is 0 Å². The zero-order chi connectivity index (χ0) is 24.8. The number of carbonyl (C=O) groups is 6. The first kappa shape index (κ1) is 24.9. The summed E-state index contributed by atoms with van der Waals surface area (Å²) in [6.45, 7) is 2.19. The molecule has 12 heteroatoms. The van der Waals surface area contributed by atoms with E-state index in [4.69, 9.17) is 9.47 Å². The third kappa shape index (κ3) is 3.50. The van der Waals surface area contributed by atoms with Crippen LogP contribution in [-0.4, -0.2) is 94.7 Å². The molecule has 174 valence electrons. The molecule has 0 saturated carbocycles. The minimum atomic E-state index is -2.65. The summed E-state index contributed by atoms with van der Waals surface area (Å²) in [5.41, 5.74) is -6.68. The zero-order valence-electron chi connectivity index (χ0n) is 18.5. The van der Waals surface area contributed by atoms with Gasteiger partial charge in [-0.15, -0.1) is 0 Å². The Morgan fingerprint density at radius 1 is 0.750 bits per heavy atom. The molecular weight excluding hydrogens is 428 g/mol. The van der Waals surface area contributed by atoms with Crippen LogP contribution in [0.3, 0.4) is 0 Å². The van der Waals surface area contributed by atoms with Gasteiger partial charge in [-0.2, -0.15) is 0 Å². The number of hydrogen-bond acceptors (Lipinski definition) is 10. The molecule has 0 spiro atoms. The molecule has 2 N–H and O–H groups in total. The lowest BCUT2D eigenvalue weighted by Gasteiger charge is -2.41. The van der Waals surface area contributed by atoms with Crippen LogP contribution in [0.2, 0.25) is 0 Å². The molecule has 0 aromatic rings. The fourth-order valence-corrected chi connectivity index (χ4v) is 3.89. The van der Waals surface area contributed by atoms with Crippen LogP contribution in [0.25, 0.3) is 0 Å². The average molecular weight is 452 g/mol. The molecule has 0 saturated heterocycles. The zero-order valence-corrected chi connectivity index (χ0v) is 18.5. The molecule has 12 nitrogen and oxygen atoms in total. The number of amides is 4. The molecule has 0 aromatic heterocycles. The van der Waals surface area contributed by atoms with Gasteiger partial charge in [0.25, 0.3) is 23.6 Å². The normalized spacial score (nSPS) is 26.8. The molecule has 0 radical (unpaired) electrons. The number of ketones is 2. The maximum Gasteiger partial charge on any atom is 0.269 e. The van der Waals surface area contributed by atoms with E-state index in [0.29, 0.717) is 9.80 Å². The van der Waals surface area contributed by atoms with Crippen molar-refractivity contribution in [3.8, 4) is 0 Å². The fourth-order valence-electron chi connectivity index (χ4n) is 3.89. The minimum absolute atomic E-state index is 0.481. The highest BCUT2D eigenvalue weighted by Gasteiger charge is 2.58. The number of methoxy groups -OCH3 is 2. The van der Waals surface area contributed by atoms with Gasteiger partial charge in [0.05, 0.1) is 38.2 Å². The molecule has 2 aliphatic heterocycles. The van der Waals surface area contributed by atoms with Crippen LogP contribution >= 0.6 is 0 Å². The summed E-state index contributed by atoms with van der Waals surface area (Å²) in [5.74, 6) is -7.31. The van der Waals surface area contributed by atoms with Gasteiger partial charge in [0.1, 0.15) is 11.6 Å². The second kappa shape index (κ2) is 8.28. The summed E-state index contributed by atoms with van der Waals surface area (Å²) >= 11 is 0. The van der Waals surface area contributed by atoms with Crippen LogP contribution in [0.15, 0.2) is 22.7 Å². The fraction of sp³-hybridized carbons (Fsp3) is 0.500. The molecule has 2 atom stereocenters. The van der Waals surface area contributed by atoms with E-state index in [0.717, 1.165) is 42.2 Å². The molecule has 2 heterocycles. The minimum Gasteiger partial charge on any atom is -0.497 e. The van der Waals surface area contributed by atoms with E-state index < -0.39 is 81.9 Å². The predicted octanol–water partition coefficient (Wildman–Crippen LogP) is -1.79. The molecule has 4 amide bonds. The number of Topliss-reactive ketones (excluding diaryl/α,β-unsaturated/α-hetero) is 2. The first-order chi connectivity index (χ1) is 14.7. The molecule has 0 fully saturated rings. The highest BCUT2D eigenvalue weighted by Crippen LogP contribution is 2.41. The van der Waals surface area contributed by atoms with E-state index in [1.54, 1.807) is 0 Å². The predicted molar refractivity (Wildman–Crippen MR) is 104 cm³/mol. The highest BCUT2D eigenvalue weighted by molar-refractivity contribution is 6.23. The van der Waals surface area contributed by atoms with Gasteiger partial charge in [-0.1, -0.05) is 0 Å². The van der Waals surface area contributed by atoms with Gasteiger partial charge in [-0.05, 0) is 13.8 Å². The summed E-state index contributed by atoms with van der Waals surface area (Å²) in [6, 6.07) is 0. The standard InChI is InChI=1S/C20H24N2O10/c1-9(23)7-19(29)13(31-5)11(15(25)21(3)17(19)27)12-14(32-6)20(30,8-10(2)24)18(28)22(4)16(12)26/h29-30H,7-8H2,1-6H3. The molecule has 0 aromatic carbocycles. The Bertz CT molecular complexity index is 930. The Hall–Kier alpha value is -3.38. The van der Waals surface area contributed by atoms with Crippen molar-refractivity contribution in [2.45, 2.75) is 37.9 Å². The van der Waals surface area contributed by atoms with Crippen molar-refractivity contribution in [2.24, 2.45) is 0 Å². The first-order valence-electron chi connectivity index (χ1n) is 9.35. The Kier molecular flexibility index (Phi) is 6.44. The van der Waals surface area contributed by atoms with Crippen LogP contribution in [0.1, 0.15) is 26.7 Å². The maximum absolute atomic E-state index is 13.1. The third-order valence-electron chi connectivity index (χ3n) is 5.23. The Morgan fingerprint density at radius 3 is 1.25 bits per heavy atom. The summed E-state index contributed by atoms with van der Waals surface area (Å²) in [4.78, 5) is 76.1. The molecule has 2 rings (SSSR count). The van der Waals surface area contributed by atoms with E-state index in [1.807, 2.05) is 0 Å². The maximum atomic E-state index is 13.1. The lowest BCUT2D eigenvalue weighted by atomic mass is 9.79. The second-order valence-corrected chi connectivity index (χ2v) is 7.63. The van der Waals surface area contributed by atoms with Gasteiger partial charge in [-0.25, -0.2) is 0 Å². The lowest BCUT2D eigenvalue weighted by molar-refractivity contribution is -0.163. The molecular formula is C20H24N2O10. The van der Waals surface area contributed by atoms with Crippen LogP contribution < -0.4 is 0 Å². The second-order valence-electron chi connectivity index (χ2n) is 7.63. The lowest BCUT2D eigenvalue weighted by Crippen LogP contribution is -2.60. The Labute approximate surface area is 183 Å².